The summed E-state index contributed by atoms with van der Waals surface area (Å²) in [5, 5.41) is 0. The van der Waals surface area contributed by atoms with Crippen LogP contribution in [0.1, 0.15) is 18.9 Å². The van der Waals surface area contributed by atoms with Gasteiger partial charge in [0.15, 0.2) is 0 Å². The van der Waals surface area contributed by atoms with E-state index in [1.54, 1.807) is 18.3 Å². The Balaban J connectivity index is 2.14. The molecule has 1 saturated heterocycles. The summed E-state index contributed by atoms with van der Waals surface area (Å²) in [6.45, 7) is 3.24. The van der Waals surface area contributed by atoms with E-state index >= 15 is 0 Å². The van der Waals surface area contributed by atoms with Gasteiger partial charge in [0.05, 0.1) is 31.1 Å². The van der Waals surface area contributed by atoms with Crippen LogP contribution in [0.25, 0.3) is 0 Å². The average Bonchev–Trinajstić information content (AvgIpc) is 2.92. The molecule has 6 heteroatoms. The summed E-state index contributed by atoms with van der Waals surface area (Å²) >= 11 is 0. The van der Waals surface area contributed by atoms with Gasteiger partial charge in [0.1, 0.15) is 0 Å². The van der Waals surface area contributed by atoms with Crippen molar-refractivity contribution in [2.75, 3.05) is 32.6 Å². The van der Waals surface area contributed by atoms with Crippen LogP contribution in [0.3, 0.4) is 0 Å². The van der Waals surface area contributed by atoms with Crippen molar-refractivity contribution in [1.29, 1.82) is 0 Å². The Morgan fingerprint density at radius 2 is 1.95 bits per heavy atom. The van der Waals surface area contributed by atoms with Crippen LogP contribution < -0.4 is 0 Å². The lowest BCUT2D eigenvalue weighted by Gasteiger charge is -2.27. The predicted octanol–water partition coefficient (Wildman–Crippen LogP) is 1.68. The van der Waals surface area contributed by atoms with Crippen LogP contribution in [0, 0.1) is 0 Å². The molecule has 0 radical (unpaired) electrons. The van der Waals surface area contributed by atoms with Gasteiger partial charge in [0.2, 0.25) is 10.0 Å². The van der Waals surface area contributed by atoms with E-state index in [9.17, 15) is 8.42 Å². The van der Waals surface area contributed by atoms with E-state index in [4.69, 9.17) is 9.47 Å². The van der Waals surface area contributed by atoms with Crippen LogP contribution in [0.4, 0.5) is 0 Å². The Hall–Kier alpha value is -0.950. The molecule has 0 N–H and O–H groups in total. The zero-order chi connectivity index (χ0) is 16.0. The van der Waals surface area contributed by atoms with E-state index in [2.05, 4.69) is 0 Å². The number of nitrogens with zero attached hydrogens (tertiary/aromatic N) is 1. The summed E-state index contributed by atoms with van der Waals surface area (Å²) in [6, 6.07) is 9.84. The zero-order valence-corrected chi connectivity index (χ0v) is 14.1. The zero-order valence-electron chi connectivity index (χ0n) is 13.3. The second kappa shape index (κ2) is 8.06. The van der Waals surface area contributed by atoms with Crippen molar-refractivity contribution in [2.24, 2.45) is 0 Å². The van der Waals surface area contributed by atoms with Crippen molar-refractivity contribution >= 4 is 10.0 Å². The summed E-state index contributed by atoms with van der Waals surface area (Å²) in [7, 11) is -1.58. The standard InChI is InChI=1S/C16H25NO4S/c1-3-22(18,19)17-10-9-16(21-12-11-20-2)15(17)13-14-7-5-4-6-8-14/h4-8,15-16H,3,9-13H2,1-2H3/t15-,16+/m0/s1. The molecule has 0 aromatic heterocycles. The lowest BCUT2D eigenvalue weighted by atomic mass is 10.0. The molecule has 5 nitrogen and oxygen atoms in total. The minimum Gasteiger partial charge on any atom is -0.382 e. The predicted molar refractivity (Wildman–Crippen MR) is 86.3 cm³/mol. The first-order chi connectivity index (χ1) is 10.6. The van der Waals surface area contributed by atoms with E-state index in [0.717, 1.165) is 12.0 Å². The van der Waals surface area contributed by atoms with E-state index in [0.29, 0.717) is 26.2 Å². The largest absolute Gasteiger partial charge is 0.382 e. The fourth-order valence-electron chi connectivity index (χ4n) is 2.88. The number of hydrogen-bond acceptors (Lipinski definition) is 4. The van der Waals surface area contributed by atoms with Gasteiger partial charge in [0.25, 0.3) is 0 Å². The van der Waals surface area contributed by atoms with Gasteiger partial charge in [-0.05, 0) is 25.3 Å². The molecule has 1 aromatic carbocycles. The van der Waals surface area contributed by atoms with E-state index in [1.165, 1.54) is 0 Å². The molecule has 22 heavy (non-hydrogen) atoms. The van der Waals surface area contributed by atoms with Crippen LogP contribution in [0.15, 0.2) is 30.3 Å². The van der Waals surface area contributed by atoms with Gasteiger partial charge in [-0.2, -0.15) is 4.31 Å². The smallest absolute Gasteiger partial charge is 0.214 e. The van der Waals surface area contributed by atoms with Crippen LogP contribution in [0.5, 0.6) is 0 Å². The molecule has 0 amide bonds. The maximum Gasteiger partial charge on any atom is 0.214 e. The highest BCUT2D eigenvalue weighted by Crippen LogP contribution is 2.27. The molecule has 124 valence electrons. The van der Waals surface area contributed by atoms with Crippen molar-refractivity contribution < 1.29 is 17.9 Å². The van der Waals surface area contributed by atoms with Crippen molar-refractivity contribution in [1.82, 2.24) is 4.31 Å². The van der Waals surface area contributed by atoms with Gasteiger partial charge in [-0.15, -0.1) is 0 Å². The molecule has 1 aromatic rings. The molecule has 0 spiro atoms. The van der Waals surface area contributed by atoms with Gasteiger partial charge < -0.3 is 9.47 Å². The second-order valence-electron chi connectivity index (χ2n) is 5.46. The number of sulfonamides is 1. The fourth-order valence-corrected chi connectivity index (χ4v) is 4.21. The minimum atomic E-state index is -3.21. The molecule has 0 unspecified atom stereocenters. The second-order valence-corrected chi connectivity index (χ2v) is 7.67. The Kier molecular flexibility index (Phi) is 6.37. The summed E-state index contributed by atoms with van der Waals surface area (Å²) in [6.07, 6.45) is 1.34. The third-order valence-electron chi connectivity index (χ3n) is 4.06. The first kappa shape index (κ1) is 17.4. The van der Waals surface area contributed by atoms with Gasteiger partial charge in [-0.3, -0.25) is 0 Å². The maximum atomic E-state index is 12.3. The summed E-state index contributed by atoms with van der Waals surface area (Å²) in [5.74, 6) is 0.128. The van der Waals surface area contributed by atoms with E-state index in [1.807, 2.05) is 30.3 Å². The highest BCUT2D eigenvalue weighted by atomic mass is 32.2. The van der Waals surface area contributed by atoms with Crippen molar-refractivity contribution in [2.45, 2.75) is 31.9 Å². The fraction of sp³-hybridized carbons (Fsp3) is 0.625. The topological polar surface area (TPSA) is 55.8 Å². The first-order valence-corrected chi connectivity index (χ1v) is 9.33. The third kappa shape index (κ3) is 4.29. The number of rotatable bonds is 8. The van der Waals surface area contributed by atoms with E-state index in [-0.39, 0.29) is 17.9 Å². The number of hydrogen-bond donors (Lipinski definition) is 0. The molecule has 1 heterocycles. The highest BCUT2D eigenvalue weighted by Gasteiger charge is 2.40. The van der Waals surface area contributed by atoms with Crippen LogP contribution in [-0.4, -0.2) is 57.5 Å². The molecular formula is C16H25NO4S. The Morgan fingerprint density at radius 3 is 2.59 bits per heavy atom. The Morgan fingerprint density at radius 1 is 1.23 bits per heavy atom. The highest BCUT2D eigenvalue weighted by molar-refractivity contribution is 7.89. The molecule has 0 saturated carbocycles. The van der Waals surface area contributed by atoms with Crippen LogP contribution >= 0.6 is 0 Å². The normalized spacial score (nSPS) is 23.0. The lowest BCUT2D eigenvalue weighted by molar-refractivity contribution is 0.00638. The number of ether oxygens (including phenoxy) is 2. The Labute approximate surface area is 133 Å². The van der Waals surface area contributed by atoms with Crippen LogP contribution in [-0.2, 0) is 25.9 Å². The van der Waals surface area contributed by atoms with Crippen LogP contribution in [0.2, 0.25) is 0 Å². The summed E-state index contributed by atoms with van der Waals surface area (Å²) < 4.78 is 37.1. The lowest BCUT2D eigenvalue weighted by Crippen LogP contribution is -2.42. The molecule has 2 atom stereocenters. The van der Waals surface area contributed by atoms with Gasteiger partial charge in [-0.1, -0.05) is 30.3 Å². The SMILES string of the molecule is CCS(=O)(=O)N1CC[C@@H](OCCOC)[C@@H]1Cc1ccccc1. The van der Waals surface area contributed by atoms with Crippen molar-refractivity contribution in [3.8, 4) is 0 Å². The van der Waals surface area contributed by atoms with Gasteiger partial charge in [-0.25, -0.2) is 8.42 Å². The monoisotopic (exact) mass is 327 g/mol. The molecule has 0 bridgehead atoms. The summed E-state index contributed by atoms with van der Waals surface area (Å²) in [4.78, 5) is 0. The molecular weight excluding hydrogens is 302 g/mol. The maximum absolute atomic E-state index is 12.3. The van der Waals surface area contributed by atoms with E-state index < -0.39 is 10.0 Å². The average molecular weight is 327 g/mol. The Bertz CT molecular complexity index is 547. The molecule has 1 aliphatic rings. The molecule has 2 rings (SSSR count). The molecule has 1 fully saturated rings. The number of benzene rings is 1. The molecule has 0 aliphatic carbocycles. The van der Waals surface area contributed by atoms with Crippen molar-refractivity contribution in [3.63, 3.8) is 0 Å². The first-order valence-electron chi connectivity index (χ1n) is 7.72. The quantitative estimate of drug-likeness (QED) is 0.682. The minimum absolute atomic E-state index is 0.0725. The molecule has 1 aliphatic heterocycles. The van der Waals surface area contributed by atoms with Gasteiger partial charge in [0, 0.05) is 13.7 Å². The van der Waals surface area contributed by atoms with Crippen molar-refractivity contribution in [3.05, 3.63) is 35.9 Å². The summed E-state index contributed by atoms with van der Waals surface area (Å²) in [5.41, 5.74) is 1.13. The van der Waals surface area contributed by atoms with Gasteiger partial charge >= 0.3 is 0 Å². The number of methoxy groups -OCH3 is 1. The third-order valence-corrected chi connectivity index (χ3v) is 5.96.